The lowest BCUT2D eigenvalue weighted by atomic mass is 9.78. The first-order chi connectivity index (χ1) is 12.9. The quantitative estimate of drug-likeness (QED) is 0.879. The van der Waals surface area contributed by atoms with E-state index in [-0.39, 0.29) is 23.9 Å². The van der Waals surface area contributed by atoms with Crippen LogP contribution < -0.4 is 10.9 Å². The summed E-state index contributed by atoms with van der Waals surface area (Å²) >= 11 is 0. The average molecular weight is 367 g/mol. The van der Waals surface area contributed by atoms with E-state index in [2.05, 4.69) is 24.3 Å². The predicted octanol–water partition coefficient (Wildman–Crippen LogP) is 3.55. The first-order valence-corrected chi connectivity index (χ1v) is 9.88. The summed E-state index contributed by atoms with van der Waals surface area (Å²) in [6, 6.07) is 11.5. The second kappa shape index (κ2) is 8.51. The SMILES string of the molecule is Cc1ccc(-c2ccc(=O)n(CCC(=O)NC3CCCC(C)C3C)n2)cc1. The van der Waals surface area contributed by atoms with E-state index in [9.17, 15) is 9.59 Å². The molecule has 3 atom stereocenters. The molecule has 1 saturated carbocycles. The normalized spacial score (nSPS) is 22.4. The Kier molecular flexibility index (Phi) is 6.09. The van der Waals surface area contributed by atoms with E-state index in [1.807, 2.05) is 31.2 Å². The molecule has 2 aromatic rings. The van der Waals surface area contributed by atoms with Crippen molar-refractivity contribution in [2.45, 2.75) is 59.0 Å². The molecule has 0 radical (unpaired) electrons. The molecule has 1 aliphatic rings. The van der Waals surface area contributed by atoms with E-state index in [1.54, 1.807) is 6.07 Å². The summed E-state index contributed by atoms with van der Waals surface area (Å²) < 4.78 is 1.39. The van der Waals surface area contributed by atoms with E-state index in [1.165, 1.54) is 22.7 Å². The van der Waals surface area contributed by atoms with Gasteiger partial charge < -0.3 is 5.32 Å². The van der Waals surface area contributed by atoms with Gasteiger partial charge in [0.2, 0.25) is 5.91 Å². The summed E-state index contributed by atoms with van der Waals surface area (Å²) in [4.78, 5) is 24.5. The van der Waals surface area contributed by atoms with E-state index in [0.717, 1.165) is 24.1 Å². The van der Waals surface area contributed by atoms with Crippen LogP contribution in [0.1, 0.15) is 45.1 Å². The Morgan fingerprint density at radius 2 is 1.89 bits per heavy atom. The summed E-state index contributed by atoms with van der Waals surface area (Å²) in [5.41, 5.74) is 2.70. The monoisotopic (exact) mass is 367 g/mol. The first-order valence-electron chi connectivity index (χ1n) is 9.88. The van der Waals surface area contributed by atoms with Gasteiger partial charge in [-0.25, -0.2) is 4.68 Å². The lowest BCUT2D eigenvalue weighted by molar-refractivity contribution is -0.122. The number of amides is 1. The fraction of sp³-hybridized carbons (Fsp3) is 0.500. The number of rotatable bonds is 5. The van der Waals surface area contributed by atoms with Gasteiger partial charge in [-0.2, -0.15) is 5.10 Å². The predicted molar refractivity (Wildman–Crippen MR) is 107 cm³/mol. The van der Waals surface area contributed by atoms with Gasteiger partial charge in [0.25, 0.3) is 5.56 Å². The van der Waals surface area contributed by atoms with Crippen molar-refractivity contribution in [2.24, 2.45) is 11.8 Å². The average Bonchev–Trinajstić information content (AvgIpc) is 2.65. The Labute approximate surface area is 160 Å². The van der Waals surface area contributed by atoms with Gasteiger partial charge in [-0.15, -0.1) is 0 Å². The summed E-state index contributed by atoms with van der Waals surface area (Å²) in [5, 5.41) is 7.60. The van der Waals surface area contributed by atoms with Gasteiger partial charge in [0.15, 0.2) is 0 Å². The Bertz CT molecular complexity index is 841. The highest BCUT2D eigenvalue weighted by Crippen LogP contribution is 2.29. The highest BCUT2D eigenvalue weighted by Gasteiger charge is 2.27. The molecular weight excluding hydrogens is 338 g/mol. The van der Waals surface area contributed by atoms with Crippen molar-refractivity contribution in [2.75, 3.05) is 0 Å². The highest BCUT2D eigenvalue weighted by molar-refractivity contribution is 5.76. The van der Waals surface area contributed by atoms with Crippen LogP contribution in [0.4, 0.5) is 0 Å². The number of aryl methyl sites for hydroxylation is 2. The highest BCUT2D eigenvalue weighted by atomic mass is 16.2. The lowest BCUT2D eigenvalue weighted by Gasteiger charge is -2.34. The van der Waals surface area contributed by atoms with Crippen LogP contribution in [0.3, 0.4) is 0 Å². The summed E-state index contributed by atoms with van der Waals surface area (Å²) in [6.45, 7) is 6.79. The number of hydrogen-bond acceptors (Lipinski definition) is 3. The summed E-state index contributed by atoms with van der Waals surface area (Å²) in [5.74, 6) is 1.13. The lowest BCUT2D eigenvalue weighted by Crippen LogP contribution is -2.44. The van der Waals surface area contributed by atoms with Crippen LogP contribution >= 0.6 is 0 Å². The smallest absolute Gasteiger partial charge is 0.266 e. The number of hydrogen-bond donors (Lipinski definition) is 1. The molecule has 0 spiro atoms. The minimum absolute atomic E-state index is 0.00427. The van der Waals surface area contributed by atoms with Gasteiger partial charge in [-0.3, -0.25) is 9.59 Å². The molecule has 5 nitrogen and oxygen atoms in total. The third-order valence-corrected chi connectivity index (χ3v) is 5.82. The molecular formula is C22H29N3O2. The van der Waals surface area contributed by atoms with Crippen LogP contribution in [-0.2, 0) is 11.3 Å². The molecule has 1 heterocycles. The van der Waals surface area contributed by atoms with Crippen molar-refractivity contribution in [3.8, 4) is 11.3 Å². The second-order valence-corrected chi connectivity index (χ2v) is 7.84. The molecule has 1 aromatic carbocycles. The number of aromatic nitrogens is 2. The molecule has 1 aromatic heterocycles. The minimum atomic E-state index is -0.182. The zero-order chi connectivity index (χ0) is 19.4. The molecule has 0 saturated heterocycles. The maximum Gasteiger partial charge on any atom is 0.266 e. The number of nitrogens with one attached hydrogen (secondary N) is 1. The Balaban J connectivity index is 1.63. The van der Waals surface area contributed by atoms with E-state index < -0.39 is 0 Å². The Morgan fingerprint density at radius 3 is 2.63 bits per heavy atom. The van der Waals surface area contributed by atoms with Gasteiger partial charge in [0.05, 0.1) is 12.2 Å². The standard InChI is InChI=1S/C22H29N3O2/c1-15-7-9-18(10-8-15)20-11-12-22(27)25(24-20)14-13-21(26)23-19-6-4-5-16(2)17(19)3/h7-12,16-17,19H,4-6,13-14H2,1-3H3,(H,23,26). The Hall–Kier alpha value is -2.43. The fourth-order valence-corrected chi connectivity index (χ4v) is 3.76. The largest absolute Gasteiger partial charge is 0.353 e. The number of carbonyl (C=O) groups excluding carboxylic acids is 1. The molecule has 1 N–H and O–H groups in total. The third-order valence-electron chi connectivity index (χ3n) is 5.82. The van der Waals surface area contributed by atoms with Crippen LogP contribution in [0, 0.1) is 18.8 Å². The molecule has 1 amide bonds. The zero-order valence-electron chi connectivity index (χ0n) is 16.4. The number of nitrogens with zero attached hydrogens (tertiary/aromatic N) is 2. The topological polar surface area (TPSA) is 64.0 Å². The van der Waals surface area contributed by atoms with Crippen molar-refractivity contribution < 1.29 is 4.79 Å². The molecule has 3 rings (SSSR count). The van der Waals surface area contributed by atoms with E-state index >= 15 is 0 Å². The molecule has 0 bridgehead atoms. The summed E-state index contributed by atoms with van der Waals surface area (Å²) in [6.07, 6.45) is 3.70. The Morgan fingerprint density at radius 1 is 1.15 bits per heavy atom. The molecule has 1 fully saturated rings. The van der Waals surface area contributed by atoms with Gasteiger partial charge in [0, 0.05) is 24.1 Å². The van der Waals surface area contributed by atoms with Gasteiger partial charge in [0.1, 0.15) is 0 Å². The first kappa shape index (κ1) is 19.3. The maximum atomic E-state index is 12.4. The van der Waals surface area contributed by atoms with Crippen molar-refractivity contribution in [1.29, 1.82) is 0 Å². The van der Waals surface area contributed by atoms with Crippen molar-refractivity contribution in [3.05, 3.63) is 52.3 Å². The molecule has 27 heavy (non-hydrogen) atoms. The molecule has 0 aliphatic heterocycles. The van der Waals surface area contributed by atoms with Crippen LogP contribution in [0.2, 0.25) is 0 Å². The van der Waals surface area contributed by atoms with Gasteiger partial charge in [-0.05, 0) is 31.2 Å². The molecule has 144 valence electrons. The van der Waals surface area contributed by atoms with Crippen molar-refractivity contribution >= 4 is 5.91 Å². The van der Waals surface area contributed by atoms with E-state index in [0.29, 0.717) is 18.4 Å². The molecule has 5 heteroatoms. The maximum absolute atomic E-state index is 12.4. The van der Waals surface area contributed by atoms with Crippen molar-refractivity contribution in [3.63, 3.8) is 0 Å². The minimum Gasteiger partial charge on any atom is -0.353 e. The number of benzene rings is 1. The van der Waals surface area contributed by atoms with Gasteiger partial charge in [-0.1, -0.05) is 56.5 Å². The summed E-state index contributed by atoms with van der Waals surface area (Å²) in [7, 11) is 0. The van der Waals surface area contributed by atoms with Gasteiger partial charge >= 0.3 is 0 Å². The second-order valence-electron chi connectivity index (χ2n) is 7.84. The van der Waals surface area contributed by atoms with Crippen LogP contribution in [0.5, 0.6) is 0 Å². The molecule has 1 aliphatic carbocycles. The van der Waals surface area contributed by atoms with E-state index in [4.69, 9.17) is 0 Å². The number of carbonyl (C=O) groups is 1. The fourth-order valence-electron chi connectivity index (χ4n) is 3.76. The van der Waals surface area contributed by atoms with Crippen molar-refractivity contribution in [1.82, 2.24) is 15.1 Å². The zero-order valence-corrected chi connectivity index (χ0v) is 16.4. The third kappa shape index (κ3) is 4.85. The van der Waals surface area contributed by atoms with Crippen LogP contribution in [0.15, 0.2) is 41.2 Å². The van der Waals surface area contributed by atoms with Crippen LogP contribution in [-0.4, -0.2) is 21.7 Å². The molecule has 3 unspecified atom stereocenters. The van der Waals surface area contributed by atoms with Crippen LogP contribution in [0.25, 0.3) is 11.3 Å².